The van der Waals surface area contributed by atoms with E-state index in [1.54, 1.807) is 12.1 Å². The molecule has 0 saturated carbocycles. The molecule has 1 heterocycles. The number of aliphatic carboxylic acids is 1. The maximum Gasteiger partial charge on any atom is 0.341 e. The normalized spacial score (nSPS) is 21.4. The Kier molecular flexibility index (Phi) is 5.45. The van der Waals surface area contributed by atoms with Gasteiger partial charge in [0.05, 0.1) is 18.6 Å². The van der Waals surface area contributed by atoms with Crippen LogP contribution in [0.25, 0.3) is 0 Å². The molecular weight excluding hydrogens is 296 g/mol. The van der Waals surface area contributed by atoms with Gasteiger partial charge in [-0.15, -0.1) is 0 Å². The first-order valence-corrected chi connectivity index (χ1v) is 7.61. The Labute approximate surface area is 136 Å². The first-order valence-electron chi connectivity index (χ1n) is 7.61. The minimum absolute atomic E-state index is 0.298. The van der Waals surface area contributed by atoms with Crippen LogP contribution >= 0.6 is 0 Å². The lowest BCUT2D eigenvalue weighted by atomic mass is 9.83. The van der Waals surface area contributed by atoms with E-state index in [9.17, 15) is 10.1 Å². The fraction of sp³-hybridized carbons (Fsp3) is 0.529. The van der Waals surface area contributed by atoms with E-state index in [2.05, 4.69) is 11.0 Å². The van der Waals surface area contributed by atoms with Gasteiger partial charge in [0.2, 0.25) is 0 Å². The van der Waals surface area contributed by atoms with Crippen LogP contribution in [-0.4, -0.2) is 42.8 Å². The number of rotatable bonds is 6. The molecule has 1 atom stereocenters. The summed E-state index contributed by atoms with van der Waals surface area (Å²) in [6.07, 6.45) is 1.93. The molecule has 1 aromatic rings. The number of benzene rings is 1. The predicted octanol–water partition coefficient (Wildman–Crippen LogP) is 2.28. The Balaban J connectivity index is 2.09. The zero-order valence-electron chi connectivity index (χ0n) is 13.5. The molecule has 0 radical (unpaired) electrons. The summed E-state index contributed by atoms with van der Waals surface area (Å²) in [4.78, 5) is 12.9. The number of carboxylic acids is 1. The van der Waals surface area contributed by atoms with E-state index in [4.69, 9.17) is 14.6 Å². The first-order chi connectivity index (χ1) is 11.0. The minimum Gasteiger partial charge on any atom is -0.493 e. The lowest BCUT2D eigenvalue weighted by molar-refractivity contribution is -0.139. The van der Waals surface area contributed by atoms with Crippen molar-refractivity contribution in [3.05, 3.63) is 23.8 Å². The van der Waals surface area contributed by atoms with Crippen molar-refractivity contribution in [2.75, 3.05) is 26.8 Å². The quantitative estimate of drug-likeness (QED) is 0.866. The number of methoxy groups -OCH3 is 1. The van der Waals surface area contributed by atoms with Gasteiger partial charge in [0.15, 0.2) is 18.1 Å². The third-order valence-corrected chi connectivity index (χ3v) is 4.03. The van der Waals surface area contributed by atoms with Crippen LogP contribution in [0.3, 0.4) is 0 Å². The Hall–Kier alpha value is -2.26. The number of likely N-dealkylation sites (tertiary alicyclic amines) is 1. The zero-order chi connectivity index (χ0) is 16.9. The summed E-state index contributed by atoms with van der Waals surface area (Å²) in [5.41, 5.74) is 0.710. The van der Waals surface area contributed by atoms with E-state index in [0.717, 1.165) is 31.5 Å². The van der Waals surface area contributed by atoms with Crippen LogP contribution in [0.1, 0.15) is 25.3 Å². The summed E-state index contributed by atoms with van der Waals surface area (Å²) < 4.78 is 10.5. The zero-order valence-corrected chi connectivity index (χ0v) is 13.5. The van der Waals surface area contributed by atoms with Gasteiger partial charge in [-0.05, 0) is 44.0 Å². The van der Waals surface area contributed by atoms with E-state index >= 15 is 0 Å². The number of nitriles is 1. The van der Waals surface area contributed by atoms with Gasteiger partial charge in [0.25, 0.3) is 0 Å². The van der Waals surface area contributed by atoms with Crippen LogP contribution in [0.15, 0.2) is 18.2 Å². The Morgan fingerprint density at radius 2 is 2.26 bits per heavy atom. The van der Waals surface area contributed by atoms with Crippen LogP contribution in [-0.2, 0) is 11.3 Å². The maximum absolute atomic E-state index is 10.7. The molecule has 1 unspecified atom stereocenters. The van der Waals surface area contributed by atoms with Crippen molar-refractivity contribution in [2.24, 2.45) is 5.41 Å². The van der Waals surface area contributed by atoms with E-state index in [1.165, 1.54) is 7.11 Å². The smallest absolute Gasteiger partial charge is 0.341 e. The Morgan fingerprint density at radius 3 is 2.91 bits per heavy atom. The number of piperidine rings is 1. The van der Waals surface area contributed by atoms with E-state index in [0.29, 0.717) is 18.0 Å². The minimum atomic E-state index is -1.03. The molecule has 0 amide bonds. The Bertz CT molecular complexity index is 611. The van der Waals surface area contributed by atoms with Gasteiger partial charge in [-0.3, -0.25) is 4.90 Å². The molecule has 1 fully saturated rings. The van der Waals surface area contributed by atoms with E-state index in [-0.39, 0.29) is 5.41 Å². The van der Waals surface area contributed by atoms with Gasteiger partial charge >= 0.3 is 5.97 Å². The van der Waals surface area contributed by atoms with Crippen LogP contribution in [0.4, 0.5) is 0 Å². The number of carbonyl (C=O) groups is 1. The van der Waals surface area contributed by atoms with Crippen LogP contribution in [0.2, 0.25) is 0 Å². The SMILES string of the molecule is COc1ccc(CN2CCCC(C)(C#N)C2)cc1OCC(=O)O. The molecule has 124 valence electrons. The molecule has 1 aliphatic heterocycles. The van der Waals surface area contributed by atoms with Crippen molar-refractivity contribution in [3.8, 4) is 17.6 Å². The largest absolute Gasteiger partial charge is 0.493 e. The van der Waals surface area contributed by atoms with Crippen molar-refractivity contribution >= 4 is 5.97 Å². The molecule has 6 nitrogen and oxygen atoms in total. The average molecular weight is 318 g/mol. The fourth-order valence-electron chi connectivity index (χ4n) is 2.90. The van der Waals surface area contributed by atoms with Gasteiger partial charge < -0.3 is 14.6 Å². The topological polar surface area (TPSA) is 82.8 Å². The average Bonchev–Trinajstić information content (AvgIpc) is 2.53. The number of ether oxygens (including phenoxy) is 2. The standard InChI is InChI=1S/C17H22N2O4/c1-17(11-18)6-3-7-19(12-17)9-13-4-5-14(22-2)15(8-13)23-10-16(20)21/h4-5,8H,3,6-7,9-10,12H2,1-2H3,(H,20,21). The van der Waals surface area contributed by atoms with Crippen molar-refractivity contribution in [3.63, 3.8) is 0 Å². The van der Waals surface area contributed by atoms with Gasteiger partial charge in [-0.1, -0.05) is 6.07 Å². The first kappa shape index (κ1) is 17.1. The third-order valence-electron chi connectivity index (χ3n) is 4.03. The summed E-state index contributed by atoms with van der Waals surface area (Å²) >= 11 is 0. The highest BCUT2D eigenvalue weighted by Gasteiger charge is 2.30. The van der Waals surface area contributed by atoms with E-state index in [1.807, 2.05) is 13.0 Å². The number of hydrogen-bond donors (Lipinski definition) is 1. The molecule has 1 aromatic carbocycles. The van der Waals surface area contributed by atoms with Crippen LogP contribution in [0, 0.1) is 16.7 Å². The highest BCUT2D eigenvalue weighted by molar-refractivity contribution is 5.68. The number of nitrogens with zero attached hydrogens (tertiary/aromatic N) is 2. The van der Waals surface area contributed by atoms with Gasteiger partial charge in [0.1, 0.15) is 0 Å². The van der Waals surface area contributed by atoms with Crippen molar-refractivity contribution in [2.45, 2.75) is 26.3 Å². The molecule has 1 aliphatic rings. The molecule has 0 aliphatic carbocycles. The summed E-state index contributed by atoms with van der Waals surface area (Å²) in [6, 6.07) is 7.93. The summed E-state index contributed by atoms with van der Waals surface area (Å²) in [6.45, 7) is 3.98. The summed E-state index contributed by atoms with van der Waals surface area (Å²) in [5, 5.41) is 18.0. The fourth-order valence-corrected chi connectivity index (χ4v) is 2.90. The van der Waals surface area contributed by atoms with Crippen molar-refractivity contribution < 1.29 is 19.4 Å². The van der Waals surface area contributed by atoms with E-state index < -0.39 is 12.6 Å². The van der Waals surface area contributed by atoms with Gasteiger partial charge in [0, 0.05) is 13.1 Å². The van der Waals surface area contributed by atoms with Crippen molar-refractivity contribution in [1.82, 2.24) is 4.90 Å². The second-order valence-corrected chi connectivity index (χ2v) is 6.15. The third kappa shape index (κ3) is 4.60. The highest BCUT2D eigenvalue weighted by atomic mass is 16.5. The molecule has 0 aromatic heterocycles. The maximum atomic E-state index is 10.7. The molecule has 23 heavy (non-hydrogen) atoms. The highest BCUT2D eigenvalue weighted by Crippen LogP contribution is 2.31. The van der Waals surface area contributed by atoms with Crippen molar-refractivity contribution in [1.29, 1.82) is 5.26 Å². The molecular formula is C17H22N2O4. The second kappa shape index (κ2) is 7.34. The summed E-state index contributed by atoms with van der Waals surface area (Å²) in [5.74, 6) is -0.0961. The van der Waals surface area contributed by atoms with Gasteiger partial charge in [-0.25, -0.2) is 4.79 Å². The molecule has 6 heteroatoms. The predicted molar refractivity (Wildman–Crippen MR) is 84.4 cm³/mol. The lowest BCUT2D eigenvalue weighted by Crippen LogP contribution is -2.40. The number of carboxylic acid groups (broad SMARTS) is 1. The second-order valence-electron chi connectivity index (χ2n) is 6.15. The van der Waals surface area contributed by atoms with Gasteiger partial charge in [-0.2, -0.15) is 5.26 Å². The molecule has 1 saturated heterocycles. The van der Waals surface area contributed by atoms with Crippen LogP contribution in [0.5, 0.6) is 11.5 Å². The molecule has 0 spiro atoms. The molecule has 1 N–H and O–H groups in total. The molecule has 0 bridgehead atoms. The molecule has 2 rings (SSSR count). The lowest BCUT2D eigenvalue weighted by Gasteiger charge is -2.36. The Morgan fingerprint density at radius 1 is 1.48 bits per heavy atom. The van der Waals surface area contributed by atoms with Crippen LogP contribution < -0.4 is 9.47 Å². The summed E-state index contributed by atoms with van der Waals surface area (Å²) in [7, 11) is 1.52. The monoisotopic (exact) mass is 318 g/mol. The number of hydrogen-bond acceptors (Lipinski definition) is 5.